The van der Waals surface area contributed by atoms with E-state index in [4.69, 9.17) is 5.11 Å². The fraction of sp³-hybridized carbons (Fsp3) is 0.438. The van der Waals surface area contributed by atoms with Gasteiger partial charge in [-0.05, 0) is 48.2 Å². The average molecular weight is 293 g/mol. The highest BCUT2D eigenvalue weighted by Gasteiger charge is 2.24. The molecule has 2 N–H and O–H groups in total. The van der Waals surface area contributed by atoms with E-state index in [0.29, 0.717) is 24.6 Å². The Balaban J connectivity index is 2.08. The molecule has 2 atom stereocenters. The van der Waals surface area contributed by atoms with Crippen LogP contribution in [0.3, 0.4) is 0 Å². The molecule has 2 unspecified atom stereocenters. The Morgan fingerprint density at radius 2 is 2.24 bits per heavy atom. The molecule has 0 saturated carbocycles. The summed E-state index contributed by atoms with van der Waals surface area (Å²) in [5, 5.41) is 18.5. The molecule has 1 aromatic carbocycles. The maximum absolute atomic E-state index is 13.6. The lowest BCUT2D eigenvalue weighted by atomic mass is 9.95. The van der Waals surface area contributed by atoms with Crippen LogP contribution < -0.4 is 0 Å². The van der Waals surface area contributed by atoms with Crippen molar-refractivity contribution < 1.29 is 19.4 Å². The molecule has 0 aromatic heterocycles. The Hall–Kier alpha value is -1.72. The highest BCUT2D eigenvalue weighted by molar-refractivity contribution is 5.85. The number of rotatable bonds is 4. The molecule has 1 aliphatic rings. The number of likely N-dealkylation sites (tertiary alicyclic amines) is 1. The number of aliphatic hydroxyl groups excluding tert-OH is 1. The quantitative estimate of drug-likeness (QED) is 0.835. The Labute approximate surface area is 123 Å². The maximum Gasteiger partial charge on any atom is 0.328 e. The van der Waals surface area contributed by atoms with Crippen LogP contribution in [0.25, 0.3) is 6.08 Å². The molecule has 0 aliphatic carbocycles. The van der Waals surface area contributed by atoms with Gasteiger partial charge in [-0.15, -0.1) is 0 Å². The fourth-order valence-corrected chi connectivity index (χ4v) is 2.55. The summed E-state index contributed by atoms with van der Waals surface area (Å²) in [6, 6.07) is 4.52. The van der Waals surface area contributed by atoms with Crippen LogP contribution in [0.4, 0.5) is 4.39 Å². The second-order valence-corrected chi connectivity index (χ2v) is 5.63. The number of hydrogen-bond acceptors (Lipinski definition) is 3. The van der Waals surface area contributed by atoms with Crippen molar-refractivity contribution in [3.05, 3.63) is 41.2 Å². The summed E-state index contributed by atoms with van der Waals surface area (Å²) in [5.74, 6) is -1.15. The van der Waals surface area contributed by atoms with Crippen molar-refractivity contribution in [1.82, 2.24) is 4.90 Å². The molecular weight excluding hydrogens is 273 g/mol. The fourth-order valence-electron chi connectivity index (χ4n) is 2.55. The van der Waals surface area contributed by atoms with E-state index in [1.54, 1.807) is 6.07 Å². The molecule has 0 spiro atoms. The van der Waals surface area contributed by atoms with Gasteiger partial charge in [0.05, 0.1) is 6.10 Å². The van der Waals surface area contributed by atoms with Gasteiger partial charge in [-0.3, -0.25) is 4.90 Å². The van der Waals surface area contributed by atoms with Gasteiger partial charge in [0.2, 0.25) is 0 Å². The monoisotopic (exact) mass is 293 g/mol. The first-order valence-electron chi connectivity index (χ1n) is 7.05. The first kappa shape index (κ1) is 15.7. The normalized spacial score (nSPS) is 23.6. The zero-order valence-electron chi connectivity index (χ0n) is 12.0. The number of aliphatic hydroxyl groups is 1. The van der Waals surface area contributed by atoms with E-state index in [9.17, 15) is 14.3 Å². The summed E-state index contributed by atoms with van der Waals surface area (Å²) in [6.07, 6.45) is 2.94. The van der Waals surface area contributed by atoms with Gasteiger partial charge in [-0.2, -0.15) is 0 Å². The van der Waals surface area contributed by atoms with Crippen LogP contribution in [0.15, 0.2) is 24.3 Å². The topological polar surface area (TPSA) is 60.8 Å². The van der Waals surface area contributed by atoms with E-state index in [1.807, 2.05) is 6.92 Å². The Bertz CT molecular complexity index is 544. The van der Waals surface area contributed by atoms with Crippen LogP contribution in [0.2, 0.25) is 0 Å². The Morgan fingerprint density at radius 3 is 2.90 bits per heavy atom. The molecule has 0 amide bonds. The van der Waals surface area contributed by atoms with Gasteiger partial charge in [0, 0.05) is 19.2 Å². The SMILES string of the molecule is CC1CCN(Cc2cc(F)cc(/C=C/C(=O)O)c2)CC1O. The lowest BCUT2D eigenvalue weighted by molar-refractivity contribution is -0.131. The second kappa shape index (κ2) is 6.83. The molecule has 1 aromatic rings. The van der Waals surface area contributed by atoms with Gasteiger partial charge < -0.3 is 10.2 Å². The van der Waals surface area contributed by atoms with Crippen LogP contribution in [0.1, 0.15) is 24.5 Å². The number of nitrogens with zero attached hydrogens (tertiary/aromatic N) is 1. The molecular formula is C16H20FNO3. The summed E-state index contributed by atoms with van der Waals surface area (Å²) in [4.78, 5) is 12.6. The number of carboxylic acid groups (broad SMARTS) is 1. The standard InChI is InChI=1S/C16H20FNO3/c1-11-4-5-18(10-15(11)19)9-13-6-12(2-3-16(20)21)7-14(17)8-13/h2-3,6-8,11,15,19H,4-5,9-10H2,1H3,(H,20,21)/b3-2+. The van der Waals surface area contributed by atoms with Crippen LogP contribution in [0, 0.1) is 11.7 Å². The van der Waals surface area contributed by atoms with E-state index in [-0.39, 0.29) is 11.9 Å². The maximum atomic E-state index is 13.6. The van der Waals surface area contributed by atoms with Gasteiger partial charge in [-0.1, -0.05) is 13.0 Å². The predicted molar refractivity (Wildman–Crippen MR) is 78.1 cm³/mol. The molecule has 2 rings (SSSR count). The Kier molecular flexibility index (Phi) is 5.09. The number of carbonyl (C=O) groups is 1. The molecule has 21 heavy (non-hydrogen) atoms. The smallest absolute Gasteiger partial charge is 0.328 e. The van der Waals surface area contributed by atoms with Gasteiger partial charge in [-0.25, -0.2) is 9.18 Å². The van der Waals surface area contributed by atoms with Gasteiger partial charge in [0.1, 0.15) is 5.82 Å². The third-order valence-electron chi connectivity index (χ3n) is 3.81. The number of aliphatic carboxylic acids is 1. The van der Waals surface area contributed by atoms with Crippen molar-refractivity contribution in [2.75, 3.05) is 13.1 Å². The zero-order chi connectivity index (χ0) is 15.4. The number of benzene rings is 1. The van der Waals surface area contributed by atoms with Crippen molar-refractivity contribution in [1.29, 1.82) is 0 Å². The number of carboxylic acids is 1. The molecule has 1 fully saturated rings. The van der Waals surface area contributed by atoms with Crippen LogP contribution >= 0.6 is 0 Å². The van der Waals surface area contributed by atoms with Crippen LogP contribution in [0.5, 0.6) is 0 Å². The van der Waals surface area contributed by atoms with E-state index < -0.39 is 5.97 Å². The summed E-state index contributed by atoms with van der Waals surface area (Å²) in [5.41, 5.74) is 1.31. The highest BCUT2D eigenvalue weighted by Crippen LogP contribution is 2.20. The molecule has 1 saturated heterocycles. The molecule has 1 aliphatic heterocycles. The molecule has 114 valence electrons. The van der Waals surface area contributed by atoms with Crippen LogP contribution in [-0.2, 0) is 11.3 Å². The van der Waals surface area contributed by atoms with Crippen molar-refractivity contribution >= 4 is 12.0 Å². The lowest BCUT2D eigenvalue weighted by Gasteiger charge is -2.34. The van der Waals surface area contributed by atoms with Crippen molar-refractivity contribution in [3.8, 4) is 0 Å². The minimum absolute atomic E-state index is 0.294. The van der Waals surface area contributed by atoms with E-state index in [1.165, 1.54) is 18.2 Å². The van der Waals surface area contributed by atoms with Gasteiger partial charge in [0.15, 0.2) is 0 Å². The first-order chi connectivity index (χ1) is 9.94. The third kappa shape index (κ3) is 4.65. The Morgan fingerprint density at radius 1 is 1.48 bits per heavy atom. The third-order valence-corrected chi connectivity index (χ3v) is 3.81. The van der Waals surface area contributed by atoms with Crippen molar-refractivity contribution in [3.63, 3.8) is 0 Å². The van der Waals surface area contributed by atoms with E-state index in [2.05, 4.69) is 4.90 Å². The lowest BCUT2D eigenvalue weighted by Crippen LogP contribution is -2.42. The number of hydrogen-bond donors (Lipinski definition) is 2. The van der Waals surface area contributed by atoms with E-state index in [0.717, 1.165) is 24.6 Å². The summed E-state index contributed by atoms with van der Waals surface area (Å²) >= 11 is 0. The predicted octanol–water partition coefficient (Wildman–Crippen LogP) is 2.13. The average Bonchev–Trinajstić information content (AvgIpc) is 2.40. The van der Waals surface area contributed by atoms with Crippen molar-refractivity contribution in [2.45, 2.75) is 26.0 Å². The molecule has 0 radical (unpaired) electrons. The van der Waals surface area contributed by atoms with Crippen molar-refractivity contribution in [2.24, 2.45) is 5.92 Å². The van der Waals surface area contributed by atoms with Crippen LogP contribution in [-0.4, -0.2) is 40.3 Å². The molecule has 1 heterocycles. The van der Waals surface area contributed by atoms with E-state index >= 15 is 0 Å². The minimum Gasteiger partial charge on any atom is -0.478 e. The second-order valence-electron chi connectivity index (χ2n) is 5.63. The molecule has 4 nitrogen and oxygen atoms in total. The summed E-state index contributed by atoms with van der Waals surface area (Å²) < 4.78 is 13.6. The summed E-state index contributed by atoms with van der Waals surface area (Å²) in [7, 11) is 0. The highest BCUT2D eigenvalue weighted by atomic mass is 19.1. The number of β-amino-alcohol motifs (C(OH)–C–C–N with tert-alkyl or cyclic N) is 1. The number of piperidine rings is 1. The molecule has 5 heteroatoms. The number of halogens is 1. The largest absolute Gasteiger partial charge is 0.478 e. The summed E-state index contributed by atoms with van der Waals surface area (Å²) in [6.45, 7) is 4.03. The first-order valence-corrected chi connectivity index (χ1v) is 7.05. The van der Waals surface area contributed by atoms with Gasteiger partial charge >= 0.3 is 5.97 Å². The molecule has 0 bridgehead atoms. The van der Waals surface area contributed by atoms with Gasteiger partial charge in [0.25, 0.3) is 0 Å². The minimum atomic E-state index is -1.06. The zero-order valence-corrected chi connectivity index (χ0v) is 12.0.